The summed E-state index contributed by atoms with van der Waals surface area (Å²) in [5, 5.41) is 0. The lowest BCUT2D eigenvalue weighted by Gasteiger charge is -2.47. The van der Waals surface area contributed by atoms with E-state index < -0.39 is 0 Å². The molecule has 6 heterocycles. The summed E-state index contributed by atoms with van der Waals surface area (Å²) in [6.07, 6.45) is 17.2. The van der Waals surface area contributed by atoms with Crippen LogP contribution >= 0.6 is 0 Å². The zero-order chi connectivity index (χ0) is 30.1. The van der Waals surface area contributed by atoms with Crippen LogP contribution in [0.25, 0.3) is 22.3 Å². The van der Waals surface area contributed by atoms with Gasteiger partial charge in [-0.2, -0.15) is 0 Å². The normalized spacial score (nSPS) is 23.6. The Morgan fingerprint density at radius 1 is 0.489 bits per heavy atom. The molecule has 2 atom stereocenters. The molecule has 218 valence electrons. The maximum Gasteiger partial charge on any atom is 0.421 e. The molecule has 0 bridgehead atoms. The Hall–Kier alpha value is -5.35. The van der Waals surface area contributed by atoms with Crippen molar-refractivity contribution in [2.75, 3.05) is 9.62 Å². The van der Waals surface area contributed by atoms with E-state index in [4.69, 9.17) is 0 Å². The minimum Gasteiger partial charge on any atom is -0.366 e. The molecule has 13 rings (SSSR count). The predicted molar refractivity (Wildman–Crippen MR) is 191 cm³/mol. The maximum atomic E-state index is 2.78. The SMILES string of the molecule is C1=CCC2C(=C1)N1B3c4c(cccc42)-c2ccccc2N3C2=C1C1=C(C2)N2B3c4c(cccc4C4CC=CC=C42)-c2ccccc2N31. The first-order valence-electron chi connectivity index (χ1n) is 17.2. The lowest BCUT2D eigenvalue weighted by molar-refractivity contribution is 0.553. The van der Waals surface area contributed by atoms with E-state index in [2.05, 4.69) is 141 Å². The molecule has 4 aromatic carbocycles. The fourth-order valence-electron chi connectivity index (χ4n) is 10.8. The van der Waals surface area contributed by atoms with Gasteiger partial charge in [-0.05, 0) is 70.3 Å². The van der Waals surface area contributed by atoms with Gasteiger partial charge in [0.05, 0.1) is 11.4 Å². The van der Waals surface area contributed by atoms with Gasteiger partial charge < -0.3 is 19.2 Å². The highest BCUT2D eigenvalue weighted by Crippen LogP contribution is 2.61. The molecular weight excluding hydrogens is 570 g/mol. The highest BCUT2D eigenvalue weighted by atomic mass is 15.4. The smallest absolute Gasteiger partial charge is 0.366 e. The molecule has 0 spiro atoms. The fourth-order valence-corrected chi connectivity index (χ4v) is 10.8. The van der Waals surface area contributed by atoms with Gasteiger partial charge in [0.25, 0.3) is 0 Å². The Morgan fingerprint density at radius 2 is 1.00 bits per heavy atom. The zero-order valence-electron chi connectivity index (χ0n) is 25.8. The molecule has 4 nitrogen and oxygen atoms in total. The fraction of sp³-hybridized carbons (Fsp3) is 0.122. The van der Waals surface area contributed by atoms with Crippen LogP contribution in [0, 0.1) is 0 Å². The topological polar surface area (TPSA) is 13.0 Å². The summed E-state index contributed by atoms with van der Waals surface area (Å²) in [6.45, 7) is 0.270. The van der Waals surface area contributed by atoms with E-state index in [1.165, 1.54) is 89.9 Å². The number of nitrogens with zero attached hydrogens (tertiary/aromatic N) is 4. The summed E-state index contributed by atoms with van der Waals surface area (Å²) < 4.78 is 0. The van der Waals surface area contributed by atoms with Gasteiger partial charge in [-0.25, -0.2) is 0 Å². The predicted octanol–water partition coefficient (Wildman–Crippen LogP) is 7.09. The van der Waals surface area contributed by atoms with Crippen molar-refractivity contribution in [1.29, 1.82) is 0 Å². The maximum absolute atomic E-state index is 2.78. The van der Waals surface area contributed by atoms with Gasteiger partial charge in [-0.1, -0.05) is 97.1 Å². The molecule has 6 aliphatic heterocycles. The molecule has 0 radical (unpaired) electrons. The van der Waals surface area contributed by atoms with Gasteiger partial charge in [0.15, 0.2) is 0 Å². The summed E-state index contributed by atoms with van der Waals surface area (Å²) in [6, 6.07) is 32.5. The van der Waals surface area contributed by atoms with Crippen molar-refractivity contribution in [3.8, 4) is 22.3 Å². The van der Waals surface area contributed by atoms with Crippen molar-refractivity contribution >= 4 is 36.3 Å². The Morgan fingerprint density at radius 3 is 1.66 bits per heavy atom. The van der Waals surface area contributed by atoms with E-state index in [0.29, 0.717) is 11.8 Å². The summed E-state index contributed by atoms with van der Waals surface area (Å²) in [7, 11) is 0. The molecule has 47 heavy (non-hydrogen) atoms. The molecule has 0 saturated heterocycles. The van der Waals surface area contributed by atoms with Gasteiger partial charge >= 0.3 is 14.0 Å². The third kappa shape index (κ3) is 2.54. The van der Waals surface area contributed by atoms with Crippen molar-refractivity contribution in [3.05, 3.63) is 167 Å². The molecule has 0 amide bonds. The van der Waals surface area contributed by atoms with Gasteiger partial charge in [0.1, 0.15) is 0 Å². The van der Waals surface area contributed by atoms with Crippen LogP contribution in [0.1, 0.15) is 42.2 Å². The van der Waals surface area contributed by atoms with E-state index >= 15 is 0 Å². The summed E-state index contributed by atoms with van der Waals surface area (Å²) >= 11 is 0. The van der Waals surface area contributed by atoms with Crippen LogP contribution in [0.3, 0.4) is 0 Å². The van der Waals surface area contributed by atoms with Crippen LogP contribution in [-0.4, -0.2) is 23.6 Å². The Bertz CT molecular complexity index is 2410. The van der Waals surface area contributed by atoms with E-state index in [0.717, 1.165) is 19.3 Å². The van der Waals surface area contributed by atoms with E-state index in [9.17, 15) is 0 Å². The molecule has 2 unspecified atom stereocenters. The Balaban J connectivity index is 1.13. The highest BCUT2D eigenvalue weighted by molar-refractivity contribution is 6.81. The van der Waals surface area contributed by atoms with Crippen LogP contribution in [-0.2, 0) is 0 Å². The molecule has 6 heteroatoms. The highest BCUT2D eigenvalue weighted by Gasteiger charge is 2.63. The number of benzene rings is 4. The first-order chi connectivity index (χ1) is 23.4. The number of anilines is 2. The molecule has 0 aromatic heterocycles. The Kier molecular flexibility index (Phi) is 4.05. The number of hydrogen-bond donors (Lipinski definition) is 0. The third-order valence-corrected chi connectivity index (χ3v) is 12.4. The quantitative estimate of drug-likeness (QED) is 0.201. The molecule has 4 aromatic rings. The van der Waals surface area contributed by atoms with Crippen LogP contribution in [0.5, 0.6) is 0 Å². The van der Waals surface area contributed by atoms with Crippen molar-refractivity contribution in [3.63, 3.8) is 0 Å². The largest absolute Gasteiger partial charge is 0.421 e. The minimum atomic E-state index is 0.134. The summed E-state index contributed by atoms with van der Waals surface area (Å²) in [4.78, 5) is 11.0. The molecular formula is C41H28B2N4. The second-order valence-corrected chi connectivity index (χ2v) is 14.3. The number of allylic oxidation sites excluding steroid dienone is 8. The average Bonchev–Trinajstić information content (AvgIpc) is 3.78. The second kappa shape index (κ2) is 7.95. The Labute approximate surface area is 274 Å². The van der Waals surface area contributed by atoms with Gasteiger partial charge in [-0.3, -0.25) is 0 Å². The lowest BCUT2D eigenvalue weighted by atomic mass is 9.52. The first-order valence-corrected chi connectivity index (χ1v) is 17.2. The summed E-state index contributed by atoms with van der Waals surface area (Å²) in [5.74, 6) is 0.736. The van der Waals surface area contributed by atoms with Gasteiger partial charge in [0, 0.05) is 63.5 Å². The van der Waals surface area contributed by atoms with Gasteiger partial charge in [-0.15, -0.1) is 0 Å². The number of rotatable bonds is 0. The van der Waals surface area contributed by atoms with Crippen LogP contribution in [0.4, 0.5) is 11.4 Å². The monoisotopic (exact) mass is 598 g/mol. The second-order valence-electron chi connectivity index (χ2n) is 14.3. The average molecular weight is 598 g/mol. The molecule has 0 saturated carbocycles. The van der Waals surface area contributed by atoms with Crippen molar-refractivity contribution < 1.29 is 0 Å². The zero-order valence-corrected chi connectivity index (χ0v) is 25.8. The van der Waals surface area contributed by atoms with Crippen molar-refractivity contribution in [1.82, 2.24) is 9.62 Å². The van der Waals surface area contributed by atoms with E-state index in [1.54, 1.807) is 0 Å². The molecule has 0 N–H and O–H groups in total. The molecule has 0 fully saturated rings. The number of hydrogen-bond acceptors (Lipinski definition) is 4. The number of fused-ring (bicyclic) bond motifs is 17. The standard InChI is InChI=1S/C41H28B2N4/c1-5-19-32-24(11-1)28-15-9-17-30-26-13-3-7-21-34(26)46-40-36(44(32)42(46)38(28)30)23-37-41(40)47-35-22-8-4-14-27(35)31-18-10-16-29-25-12-2-6-20-33(25)45(37)43(47)39(29)31/h1-11,14-22,25-26H,12-13,23H2. The van der Waals surface area contributed by atoms with Crippen LogP contribution in [0.2, 0.25) is 0 Å². The van der Waals surface area contributed by atoms with Crippen molar-refractivity contribution in [2.24, 2.45) is 0 Å². The molecule has 3 aliphatic carbocycles. The van der Waals surface area contributed by atoms with Gasteiger partial charge in [0.2, 0.25) is 0 Å². The van der Waals surface area contributed by atoms with Crippen molar-refractivity contribution in [2.45, 2.75) is 31.1 Å². The van der Waals surface area contributed by atoms with E-state index in [1.807, 2.05) is 0 Å². The number of para-hydroxylation sites is 2. The minimum absolute atomic E-state index is 0.134. The van der Waals surface area contributed by atoms with Crippen LogP contribution < -0.4 is 20.5 Å². The molecule has 9 aliphatic rings. The lowest BCUT2D eigenvalue weighted by Crippen LogP contribution is -2.62. The van der Waals surface area contributed by atoms with E-state index in [-0.39, 0.29) is 14.0 Å². The van der Waals surface area contributed by atoms with Crippen LogP contribution in [0.15, 0.2) is 156 Å². The summed E-state index contributed by atoms with van der Waals surface area (Å²) in [5.41, 5.74) is 22.8. The third-order valence-electron chi connectivity index (χ3n) is 12.4. The first kappa shape index (κ1) is 23.9.